The average Bonchev–Trinajstić information content (AvgIpc) is 1.08. The predicted molar refractivity (Wildman–Crippen MR) is 425 cm³/mol. The van der Waals surface area contributed by atoms with E-state index in [1.165, 1.54) is 302 Å². The summed E-state index contributed by atoms with van der Waals surface area (Å²) in [6.07, 6.45) is 109. The molecule has 0 bridgehead atoms. The Balaban J connectivity index is 3.90. The van der Waals surface area contributed by atoms with Gasteiger partial charge in [-0.3, -0.25) is 14.2 Å². The molecule has 0 heterocycles. The number of phosphoric ester groups is 1. The molecule has 2 unspecified atom stereocenters. The number of carbonyl (C=O) groups is 2. The Morgan fingerprint density at radius 1 is 0.327 bits per heavy atom. The third-order valence-electron chi connectivity index (χ3n) is 18.9. The van der Waals surface area contributed by atoms with E-state index in [0.717, 1.165) is 77.0 Å². The second-order valence-electron chi connectivity index (χ2n) is 29.8. The van der Waals surface area contributed by atoms with Crippen LogP contribution in [0.3, 0.4) is 0 Å². The lowest BCUT2D eigenvalue weighted by Crippen LogP contribution is -2.37. The fourth-order valence-electron chi connectivity index (χ4n) is 12.5. The Hall–Kier alpha value is -2.81. The zero-order chi connectivity index (χ0) is 71.1. The van der Waals surface area contributed by atoms with Crippen molar-refractivity contribution >= 4 is 19.8 Å². The van der Waals surface area contributed by atoms with E-state index >= 15 is 0 Å². The highest BCUT2D eigenvalue weighted by molar-refractivity contribution is 7.45. The molecule has 0 aliphatic carbocycles. The van der Waals surface area contributed by atoms with Gasteiger partial charge < -0.3 is 27.9 Å². The molecular formula is C88H162NO8P. The van der Waals surface area contributed by atoms with Gasteiger partial charge in [-0.1, -0.05) is 394 Å². The van der Waals surface area contributed by atoms with Crippen LogP contribution in [0.1, 0.15) is 412 Å². The normalized spacial score (nSPS) is 13.4. The molecule has 10 heteroatoms. The van der Waals surface area contributed by atoms with E-state index in [-0.39, 0.29) is 32.0 Å². The molecule has 0 saturated carbocycles. The lowest BCUT2D eigenvalue weighted by Gasteiger charge is -2.28. The van der Waals surface area contributed by atoms with Crippen LogP contribution in [0.5, 0.6) is 0 Å². The van der Waals surface area contributed by atoms with Crippen molar-refractivity contribution < 1.29 is 42.1 Å². The number of ether oxygens (including phenoxy) is 2. The Morgan fingerprint density at radius 3 is 0.878 bits per heavy atom. The molecule has 0 aromatic heterocycles. The van der Waals surface area contributed by atoms with Crippen molar-refractivity contribution in [3.63, 3.8) is 0 Å². The number of likely N-dealkylation sites (N-methyl/N-ethyl adjacent to an activating group) is 1. The third-order valence-corrected chi connectivity index (χ3v) is 19.9. The molecule has 0 aromatic rings. The molecule has 9 nitrogen and oxygen atoms in total. The summed E-state index contributed by atoms with van der Waals surface area (Å²) in [6, 6.07) is 0. The van der Waals surface area contributed by atoms with Crippen LogP contribution in [0.4, 0.5) is 0 Å². The van der Waals surface area contributed by atoms with Crippen LogP contribution in [-0.4, -0.2) is 70.0 Å². The molecule has 0 radical (unpaired) electrons. The number of quaternary nitrogens is 1. The molecule has 0 spiro atoms. The van der Waals surface area contributed by atoms with Gasteiger partial charge in [0, 0.05) is 12.8 Å². The van der Waals surface area contributed by atoms with Crippen molar-refractivity contribution in [2.45, 2.75) is 418 Å². The van der Waals surface area contributed by atoms with Crippen molar-refractivity contribution in [3.8, 4) is 0 Å². The van der Waals surface area contributed by atoms with Gasteiger partial charge in [0.1, 0.15) is 19.8 Å². The molecule has 0 aliphatic rings. The predicted octanol–water partition coefficient (Wildman–Crippen LogP) is 27.8. The number of rotatable bonds is 79. The van der Waals surface area contributed by atoms with Gasteiger partial charge in [0.2, 0.25) is 0 Å². The van der Waals surface area contributed by atoms with Crippen LogP contribution in [0.15, 0.2) is 85.1 Å². The summed E-state index contributed by atoms with van der Waals surface area (Å²) in [7, 11) is 1.18. The van der Waals surface area contributed by atoms with E-state index in [2.05, 4.69) is 98.9 Å². The maximum absolute atomic E-state index is 12.9. The van der Waals surface area contributed by atoms with Crippen LogP contribution in [0.2, 0.25) is 0 Å². The van der Waals surface area contributed by atoms with Crippen molar-refractivity contribution in [2.24, 2.45) is 0 Å². The van der Waals surface area contributed by atoms with E-state index in [9.17, 15) is 19.0 Å². The highest BCUT2D eigenvalue weighted by Gasteiger charge is 2.22. The largest absolute Gasteiger partial charge is 0.756 e. The summed E-state index contributed by atoms with van der Waals surface area (Å²) >= 11 is 0. The molecule has 0 rings (SSSR count). The molecular weight excluding hydrogens is 1230 g/mol. The van der Waals surface area contributed by atoms with Crippen molar-refractivity contribution in [1.82, 2.24) is 0 Å². The van der Waals surface area contributed by atoms with Crippen molar-refractivity contribution in [2.75, 3.05) is 47.5 Å². The highest BCUT2D eigenvalue weighted by Crippen LogP contribution is 2.38. The minimum absolute atomic E-state index is 0.0304. The van der Waals surface area contributed by atoms with E-state index in [1.54, 1.807) is 0 Å². The fourth-order valence-corrected chi connectivity index (χ4v) is 13.2. The maximum atomic E-state index is 12.9. The monoisotopic (exact) mass is 1390 g/mol. The van der Waals surface area contributed by atoms with E-state index < -0.39 is 26.5 Å². The zero-order valence-electron chi connectivity index (χ0n) is 65.5. The lowest BCUT2D eigenvalue weighted by atomic mass is 10.0. The highest BCUT2D eigenvalue weighted by atomic mass is 31.2. The molecule has 98 heavy (non-hydrogen) atoms. The first-order valence-electron chi connectivity index (χ1n) is 42.3. The number of hydrogen-bond acceptors (Lipinski definition) is 8. The van der Waals surface area contributed by atoms with Gasteiger partial charge in [-0.25, -0.2) is 0 Å². The molecule has 572 valence electrons. The molecule has 0 amide bonds. The molecule has 0 saturated heterocycles. The number of carbonyl (C=O) groups excluding carboxylic acids is 2. The fraction of sp³-hybridized carbons (Fsp3) is 0.818. The molecule has 0 aromatic carbocycles. The quantitative estimate of drug-likeness (QED) is 0.0195. The maximum Gasteiger partial charge on any atom is 0.306 e. The summed E-state index contributed by atoms with van der Waals surface area (Å²) < 4.78 is 34.5. The molecule has 2 atom stereocenters. The molecule has 0 fully saturated rings. The van der Waals surface area contributed by atoms with Crippen LogP contribution in [0.25, 0.3) is 0 Å². The van der Waals surface area contributed by atoms with Gasteiger partial charge in [0.05, 0.1) is 27.7 Å². The summed E-state index contributed by atoms with van der Waals surface area (Å²) in [5.41, 5.74) is 0. The van der Waals surface area contributed by atoms with Crippen LogP contribution in [-0.2, 0) is 32.7 Å². The van der Waals surface area contributed by atoms with Crippen LogP contribution < -0.4 is 4.89 Å². The SMILES string of the molecule is CC/C=C\C/C=C\C/C=C\C/C=C\C/C=C\C/C=C\CCCCCCCCCCCCCCCCCCC(=O)OC(COC(=O)CCCCCCCCCCCCCCCCCCCCCCCCCCCCC/C=C\CCCCCCCCCC)COP(=O)([O-])OCC[N+](C)(C)C. The Labute approximate surface area is 609 Å². The van der Waals surface area contributed by atoms with Gasteiger partial charge in [-0.2, -0.15) is 0 Å². The topological polar surface area (TPSA) is 111 Å². The van der Waals surface area contributed by atoms with Gasteiger partial charge in [0.15, 0.2) is 6.10 Å². The first kappa shape index (κ1) is 95.2. The van der Waals surface area contributed by atoms with Gasteiger partial charge in [0.25, 0.3) is 7.82 Å². The minimum atomic E-state index is -4.65. The van der Waals surface area contributed by atoms with Crippen LogP contribution >= 0.6 is 7.82 Å². The number of phosphoric acid groups is 1. The van der Waals surface area contributed by atoms with Crippen molar-refractivity contribution in [3.05, 3.63) is 85.1 Å². The van der Waals surface area contributed by atoms with E-state index in [1.807, 2.05) is 21.1 Å². The average molecular weight is 1390 g/mol. The lowest BCUT2D eigenvalue weighted by molar-refractivity contribution is -0.870. The smallest absolute Gasteiger partial charge is 0.306 e. The number of hydrogen-bond donors (Lipinski definition) is 0. The summed E-state index contributed by atoms with van der Waals surface area (Å²) in [4.78, 5) is 38.2. The van der Waals surface area contributed by atoms with E-state index in [0.29, 0.717) is 17.4 Å². The van der Waals surface area contributed by atoms with E-state index in [4.69, 9.17) is 18.5 Å². The van der Waals surface area contributed by atoms with Gasteiger partial charge >= 0.3 is 11.9 Å². The van der Waals surface area contributed by atoms with Gasteiger partial charge in [-0.15, -0.1) is 0 Å². The summed E-state index contributed by atoms with van der Waals surface area (Å²) in [5.74, 6) is -0.814. The van der Waals surface area contributed by atoms with Gasteiger partial charge in [-0.05, 0) is 89.9 Å². The Bertz CT molecular complexity index is 1930. The second-order valence-corrected chi connectivity index (χ2v) is 31.2. The number of nitrogens with zero attached hydrogens (tertiary/aromatic N) is 1. The number of allylic oxidation sites excluding steroid dienone is 14. The first-order valence-corrected chi connectivity index (χ1v) is 43.8. The number of unbranched alkanes of at least 4 members (excludes halogenated alkanes) is 51. The van der Waals surface area contributed by atoms with Crippen molar-refractivity contribution in [1.29, 1.82) is 0 Å². The first-order chi connectivity index (χ1) is 48.0. The third kappa shape index (κ3) is 82.1. The van der Waals surface area contributed by atoms with Crippen LogP contribution in [0, 0.1) is 0 Å². The Kier molecular flexibility index (Phi) is 76.1. The molecule has 0 aliphatic heterocycles. The Morgan fingerprint density at radius 2 is 0.582 bits per heavy atom. The number of esters is 2. The summed E-state index contributed by atoms with van der Waals surface area (Å²) in [6.45, 7) is 4.19. The summed E-state index contributed by atoms with van der Waals surface area (Å²) in [5, 5.41) is 0. The second kappa shape index (κ2) is 78.3. The zero-order valence-corrected chi connectivity index (χ0v) is 66.4. The standard InChI is InChI=1S/C88H162NO8P/c1-6-8-10-12-14-16-18-20-22-24-26-28-30-32-34-36-38-40-42-43-44-45-47-48-50-52-54-56-58-60-62-64-66-68-70-72-74-76-78-80-87(90)94-84-86(85-96-98(92,93)95-83-82-89(3,4)5)97-88(91)81-79-77-75-73-71-69-67-65-63-61-59-57-55-53-51-49-46-41-39-37-35-33-31-29-27-25-23-21-19-17-15-13-11-9-7-2/h9,11,15,17,21,23-24,26-27,29,33,35,39,41,86H,6-8,10,12-14,16,18-20,22,25,28,30-32,34,36-38,40,42-85H2,1-5H3/b11-9-,17-15-,23-21-,26-24-,29-27-,35-33-,41-39-. The minimum Gasteiger partial charge on any atom is -0.756 e. The molecule has 0 N–H and O–H groups in total.